The Hall–Kier alpha value is -3.06. The van der Waals surface area contributed by atoms with Crippen molar-refractivity contribution in [3.8, 4) is 0 Å². The quantitative estimate of drug-likeness (QED) is 0.455. The van der Waals surface area contributed by atoms with E-state index < -0.39 is 11.9 Å². The van der Waals surface area contributed by atoms with Gasteiger partial charge in [0.25, 0.3) is 5.91 Å². The topological polar surface area (TPSA) is 111 Å². The average molecular weight is 285 g/mol. The van der Waals surface area contributed by atoms with E-state index in [4.69, 9.17) is 10.3 Å². The highest BCUT2D eigenvalue weighted by Gasteiger charge is 2.03. The summed E-state index contributed by atoms with van der Waals surface area (Å²) in [6, 6.07) is 12.1. The fraction of sp³-hybridized carbons (Fsp3) is 0. The summed E-state index contributed by atoms with van der Waals surface area (Å²) in [6.07, 6.45) is 0. The van der Waals surface area contributed by atoms with Crippen molar-refractivity contribution in [2.75, 3.05) is 0 Å². The van der Waals surface area contributed by atoms with E-state index in [0.29, 0.717) is 16.9 Å². The van der Waals surface area contributed by atoms with Crippen LogP contribution < -0.4 is 5.48 Å². The molecule has 21 heavy (non-hydrogen) atoms. The van der Waals surface area contributed by atoms with E-state index in [0.717, 1.165) is 0 Å². The van der Waals surface area contributed by atoms with Crippen LogP contribution in [0.2, 0.25) is 0 Å². The van der Waals surface area contributed by atoms with Crippen LogP contribution in [0, 0.1) is 0 Å². The maximum atomic E-state index is 11.1. The van der Waals surface area contributed by atoms with Gasteiger partial charge < -0.3 is 5.11 Å². The number of azo groups is 1. The molecule has 0 aromatic heterocycles. The summed E-state index contributed by atoms with van der Waals surface area (Å²) in [6.45, 7) is 0. The third kappa shape index (κ3) is 3.71. The summed E-state index contributed by atoms with van der Waals surface area (Å²) in [4.78, 5) is 21.8. The summed E-state index contributed by atoms with van der Waals surface area (Å²) in [5.41, 5.74) is 3.03. The minimum Gasteiger partial charge on any atom is -0.478 e. The molecule has 0 aliphatic carbocycles. The largest absolute Gasteiger partial charge is 0.478 e. The molecule has 0 atom stereocenters. The Labute approximate surface area is 119 Å². The number of hydroxylamine groups is 1. The number of carboxylic acid groups (broad SMARTS) is 1. The highest BCUT2D eigenvalue weighted by molar-refractivity contribution is 5.93. The third-order valence-corrected chi connectivity index (χ3v) is 2.63. The van der Waals surface area contributed by atoms with Crippen LogP contribution in [0.15, 0.2) is 58.8 Å². The molecule has 7 nitrogen and oxygen atoms in total. The predicted octanol–water partition coefficient (Wildman–Crippen LogP) is 2.92. The molecule has 1 amide bonds. The monoisotopic (exact) mass is 285 g/mol. The van der Waals surface area contributed by atoms with Crippen LogP contribution in [0.1, 0.15) is 20.7 Å². The van der Waals surface area contributed by atoms with Gasteiger partial charge in [-0.05, 0) is 48.5 Å². The van der Waals surface area contributed by atoms with Crippen LogP contribution in [-0.2, 0) is 0 Å². The van der Waals surface area contributed by atoms with Crippen molar-refractivity contribution in [1.29, 1.82) is 0 Å². The number of benzene rings is 2. The smallest absolute Gasteiger partial charge is 0.335 e. The second-order valence-electron chi connectivity index (χ2n) is 4.04. The highest BCUT2D eigenvalue weighted by Crippen LogP contribution is 2.19. The number of hydrogen-bond donors (Lipinski definition) is 3. The molecule has 2 aromatic carbocycles. The van der Waals surface area contributed by atoms with Gasteiger partial charge in [0.2, 0.25) is 0 Å². The van der Waals surface area contributed by atoms with Crippen molar-refractivity contribution in [1.82, 2.24) is 5.48 Å². The molecule has 0 radical (unpaired) electrons. The highest BCUT2D eigenvalue weighted by atomic mass is 16.5. The molecular formula is C14H11N3O4. The van der Waals surface area contributed by atoms with Gasteiger partial charge in [-0.2, -0.15) is 10.2 Å². The predicted molar refractivity (Wildman–Crippen MR) is 73.3 cm³/mol. The SMILES string of the molecule is O=C(O)c1ccc(/N=N/c2ccc(C(=O)NO)cc2)cc1. The van der Waals surface area contributed by atoms with E-state index in [9.17, 15) is 9.59 Å². The van der Waals surface area contributed by atoms with Gasteiger partial charge in [0.1, 0.15) is 0 Å². The molecule has 0 spiro atoms. The summed E-state index contributed by atoms with van der Waals surface area (Å²) >= 11 is 0. The number of carbonyl (C=O) groups excluding carboxylic acids is 1. The van der Waals surface area contributed by atoms with E-state index in [1.807, 2.05) is 0 Å². The van der Waals surface area contributed by atoms with Crippen molar-refractivity contribution in [3.63, 3.8) is 0 Å². The third-order valence-electron chi connectivity index (χ3n) is 2.63. The Balaban J connectivity index is 2.10. The molecule has 0 bridgehead atoms. The maximum absolute atomic E-state index is 11.1. The Morgan fingerprint density at radius 3 is 1.62 bits per heavy atom. The normalized spacial score (nSPS) is 10.5. The molecule has 2 rings (SSSR count). The van der Waals surface area contributed by atoms with Gasteiger partial charge in [0, 0.05) is 5.56 Å². The summed E-state index contributed by atoms with van der Waals surface area (Å²) in [7, 11) is 0. The first kappa shape index (κ1) is 14.4. The minimum absolute atomic E-state index is 0.174. The van der Waals surface area contributed by atoms with Crippen molar-refractivity contribution < 1.29 is 19.9 Å². The first-order valence-electron chi connectivity index (χ1n) is 5.90. The first-order valence-corrected chi connectivity index (χ1v) is 5.90. The van der Waals surface area contributed by atoms with Gasteiger partial charge >= 0.3 is 5.97 Å². The van der Waals surface area contributed by atoms with Gasteiger partial charge in [0.15, 0.2) is 0 Å². The molecule has 3 N–H and O–H groups in total. The molecule has 2 aromatic rings. The number of carbonyl (C=O) groups is 2. The fourth-order valence-electron chi connectivity index (χ4n) is 1.53. The van der Waals surface area contributed by atoms with Crippen LogP contribution in [0.3, 0.4) is 0 Å². The number of aromatic carboxylic acids is 1. The lowest BCUT2D eigenvalue weighted by atomic mass is 10.2. The van der Waals surface area contributed by atoms with Gasteiger partial charge in [-0.1, -0.05) is 0 Å². The summed E-state index contributed by atoms with van der Waals surface area (Å²) in [5.74, 6) is -1.61. The zero-order valence-electron chi connectivity index (χ0n) is 10.7. The van der Waals surface area contributed by atoms with Crippen LogP contribution in [0.25, 0.3) is 0 Å². The number of amides is 1. The molecule has 0 aliphatic heterocycles. The molecule has 0 unspecified atom stereocenters. The lowest BCUT2D eigenvalue weighted by Gasteiger charge is -1.98. The van der Waals surface area contributed by atoms with Crippen molar-refractivity contribution in [3.05, 3.63) is 59.7 Å². The zero-order chi connectivity index (χ0) is 15.2. The molecule has 0 aliphatic rings. The molecule has 0 fully saturated rings. The second-order valence-corrected chi connectivity index (χ2v) is 4.04. The molecule has 106 valence electrons. The lowest BCUT2D eigenvalue weighted by molar-refractivity contribution is 0.0693. The second kappa shape index (κ2) is 6.40. The summed E-state index contributed by atoms with van der Waals surface area (Å²) in [5, 5.41) is 25.2. The molecule has 0 saturated carbocycles. The number of carboxylic acids is 1. The maximum Gasteiger partial charge on any atom is 0.335 e. The van der Waals surface area contributed by atoms with Crippen LogP contribution in [-0.4, -0.2) is 22.2 Å². The van der Waals surface area contributed by atoms with E-state index in [1.54, 1.807) is 24.3 Å². The van der Waals surface area contributed by atoms with Gasteiger partial charge in [-0.3, -0.25) is 10.0 Å². The Kier molecular flexibility index (Phi) is 4.37. The lowest BCUT2D eigenvalue weighted by Crippen LogP contribution is -2.18. The van der Waals surface area contributed by atoms with E-state index in [-0.39, 0.29) is 5.56 Å². The van der Waals surface area contributed by atoms with E-state index >= 15 is 0 Å². The Morgan fingerprint density at radius 2 is 1.24 bits per heavy atom. The van der Waals surface area contributed by atoms with E-state index in [1.165, 1.54) is 29.7 Å². The first-order chi connectivity index (χ1) is 10.1. The van der Waals surface area contributed by atoms with Crippen LogP contribution in [0.5, 0.6) is 0 Å². The number of rotatable bonds is 4. The molecule has 0 heterocycles. The molecule has 7 heteroatoms. The number of hydrogen-bond acceptors (Lipinski definition) is 5. The van der Waals surface area contributed by atoms with Crippen LogP contribution in [0.4, 0.5) is 11.4 Å². The minimum atomic E-state index is -1.00. The molecular weight excluding hydrogens is 274 g/mol. The van der Waals surface area contributed by atoms with Crippen molar-refractivity contribution in [2.45, 2.75) is 0 Å². The Bertz CT molecular complexity index is 678. The Morgan fingerprint density at radius 1 is 0.810 bits per heavy atom. The van der Waals surface area contributed by atoms with Gasteiger partial charge in [-0.15, -0.1) is 0 Å². The van der Waals surface area contributed by atoms with Crippen molar-refractivity contribution in [2.24, 2.45) is 10.2 Å². The average Bonchev–Trinajstić information content (AvgIpc) is 2.53. The molecule has 0 saturated heterocycles. The van der Waals surface area contributed by atoms with Gasteiger partial charge in [-0.25, -0.2) is 10.3 Å². The zero-order valence-corrected chi connectivity index (χ0v) is 10.7. The van der Waals surface area contributed by atoms with E-state index in [2.05, 4.69) is 10.2 Å². The number of nitrogens with one attached hydrogen (secondary N) is 1. The van der Waals surface area contributed by atoms with Crippen LogP contribution >= 0.6 is 0 Å². The summed E-state index contributed by atoms with van der Waals surface area (Å²) < 4.78 is 0. The number of nitrogens with zero attached hydrogens (tertiary/aromatic N) is 2. The van der Waals surface area contributed by atoms with Gasteiger partial charge in [0.05, 0.1) is 16.9 Å². The van der Waals surface area contributed by atoms with Crippen molar-refractivity contribution >= 4 is 23.3 Å². The standard InChI is InChI=1S/C14H11N3O4/c18-13(17-21)9-1-5-11(6-2-9)15-16-12-7-3-10(4-8-12)14(19)20/h1-8,21H,(H,17,18)(H,19,20)/b16-15+. The fourth-order valence-corrected chi connectivity index (χ4v) is 1.53.